The zero-order valence-corrected chi connectivity index (χ0v) is 23.2. The van der Waals surface area contributed by atoms with Gasteiger partial charge in [-0.25, -0.2) is 4.98 Å². The summed E-state index contributed by atoms with van der Waals surface area (Å²) in [5.74, 6) is -0.486. The van der Waals surface area contributed by atoms with Gasteiger partial charge in [-0.15, -0.1) is 0 Å². The van der Waals surface area contributed by atoms with Crippen LogP contribution in [0.1, 0.15) is 69.5 Å². The van der Waals surface area contributed by atoms with Gasteiger partial charge in [0.05, 0.1) is 27.2 Å². The third-order valence-corrected chi connectivity index (χ3v) is 8.67. The van der Waals surface area contributed by atoms with E-state index in [4.69, 9.17) is 23.2 Å². The maximum Gasteiger partial charge on any atom is 0.416 e. The van der Waals surface area contributed by atoms with Gasteiger partial charge in [-0.05, 0) is 75.3 Å². The molecule has 208 valence electrons. The Bertz CT molecular complexity index is 1440. The molecule has 0 bridgehead atoms. The monoisotopic (exact) mass is 580 g/mol. The van der Waals surface area contributed by atoms with Crippen LogP contribution in [0.4, 0.5) is 13.2 Å². The van der Waals surface area contributed by atoms with Crippen LogP contribution in [0.15, 0.2) is 24.5 Å². The van der Waals surface area contributed by atoms with E-state index in [2.05, 4.69) is 10.3 Å². The molecule has 1 aromatic carbocycles. The number of benzene rings is 1. The summed E-state index contributed by atoms with van der Waals surface area (Å²) in [6.07, 6.45) is 3.53. The number of amides is 1. The lowest BCUT2D eigenvalue weighted by atomic mass is 9.85. The highest BCUT2D eigenvalue weighted by Crippen LogP contribution is 2.36. The predicted octanol–water partition coefficient (Wildman–Crippen LogP) is 6.66. The molecule has 2 aromatic heterocycles. The molecule has 0 spiro atoms. The Morgan fingerprint density at radius 3 is 2.38 bits per heavy atom. The summed E-state index contributed by atoms with van der Waals surface area (Å²) < 4.78 is 41.4. The van der Waals surface area contributed by atoms with Crippen molar-refractivity contribution in [3.8, 4) is 0 Å². The lowest BCUT2D eigenvalue weighted by molar-refractivity contribution is -0.137. The van der Waals surface area contributed by atoms with Gasteiger partial charge in [-0.3, -0.25) is 14.2 Å². The molecule has 2 aliphatic heterocycles. The highest BCUT2D eigenvalue weighted by atomic mass is 35.5. The van der Waals surface area contributed by atoms with Crippen molar-refractivity contribution in [2.24, 2.45) is 5.92 Å². The van der Waals surface area contributed by atoms with Crippen LogP contribution >= 0.6 is 23.2 Å². The van der Waals surface area contributed by atoms with Crippen LogP contribution in [0, 0.1) is 19.8 Å². The fourth-order valence-electron chi connectivity index (χ4n) is 5.93. The van der Waals surface area contributed by atoms with Gasteiger partial charge < -0.3 is 10.2 Å². The van der Waals surface area contributed by atoms with Crippen LogP contribution in [-0.2, 0) is 6.18 Å². The maximum atomic E-state index is 13.7. The zero-order valence-electron chi connectivity index (χ0n) is 21.7. The maximum absolute atomic E-state index is 13.7. The van der Waals surface area contributed by atoms with Crippen LogP contribution in [0.2, 0.25) is 10.2 Å². The Labute approximate surface area is 234 Å². The average Bonchev–Trinajstić information content (AvgIpc) is 3.25. The molecule has 1 unspecified atom stereocenters. The second-order valence-corrected chi connectivity index (χ2v) is 11.2. The number of carbonyl (C=O) groups is 2. The van der Waals surface area contributed by atoms with Crippen molar-refractivity contribution in [2.75, 3.05) is 19.6 Å². The number of nitrogens with zero attached hydrogens (tertiary/aromatic N) is 3. The van der Waals surface area contributed by atoms with Crippen molar-refractivity contribution in [3.63, 3.8) is 0 Å². The lowest BCUT2D eigenvalue weighted by Gasteiger charge is -2.38. The van der Waals surface area contributed by atoms with Crippen LogP contribution in [0.5, 0.6) is 0 Å². The number of nitrogens with one attached hydrogen (secondary N) is 1. The van der Waals surface area contributed by atoms with Crippen molar-refractivity contribution in [2.45, 2.75) is 58.2 Å². The standard InChI is InChI=1S/C28H29Cl2F3N4O2/c1-15-11-18(28(31,32)33)12-19-16(2)14-37(24(15)19)27(39)22-23(29)20(13-35-25(22)30)26(38)36-9-6-17(7-10-36)21-5-3-4-8-34-21/h11-14,17,21,34H,3-10H2,1-2H3. The summed E-state index contributed by atoms with van der Waals surface area (Å²) in [5.41, 5.74) is 0.172. The largest absolute Gasteiger partial charge is 0.416 e. The van der Waals surface area contributed by atoms with E-state index in [0.29, 0.717) is 41.5 Å². The first kappa shape index (κ1) is 27.9. The molecule has 6 nitrogen and oxygen atoms in total. The van der Waals surface area contributed by atoms with Crippen molar-refractivity contribution < 1.29 is 22.8 Å². The van der Waals surface area contributed by atoms with Gasteiger partial charge in [0.15, 0.2) is 0 Å². The normalized spacial score (nSPS) is 19.1. The fourth-order valence-corrected chi connectivity index (χ4v) is 6.50. The number of pyridine rings is 1. The molecule has 2 aliphatic rings. The van der Waals surface area contributed by atoms with Crippen molar-refractivity contribution in [1.82, 2.24) is 19.8 Å². The number of piperidine rings is 2. The van der Waals surface area contributed by atoms with Gasteiger partial charge in [0.2, 0.25) is 0 Å². The van der Waals surface area contributed by atoms with Gasteiger partial charge in [-0.2, -0.15) is 13.2 Å². The molecule has 1 atom stereocenters. The molecule has 2 fully saturated rings. The summed E-state index contributed by atoms with van der Waals surface area (Å²) in [6.45, 7) is 5.32. The first-order valence-corrected chi connectivity index (χ1v) is 13.8. The van der Waals surface area contributed by atoms with E-state index in [1.165, 1.54) is 36.7 Å². The molecule has 3 aromatic rings. The number of alkyl halides is 3. The molecule has 4 heterocycles. The van der Waals surface area contributed by atoms with Gasteiger partial charge in [0.1, 0.15) is 5.15 Å². The molecular formula is C28H29Cl2F3N4O2. The van der Waals surface area contributed by atoms with E-state index in [0.717, 1.165) is 37.9 Å². The number of hydrogen-bond donors (Lipinski definition) is 1. The number of rotatable bonds is 3. The molecule has 1 N–H and O–H groups in total. The number of carbonyl (C=O) groups excluding carboxylic acids is 2. The third-order valence-electron chi connectivity index (χ3n) is 7.99. The number of aromatic nitrogens is 2. The summed E-state index contributed by atoms with van der Waals surface area (Å²) in [5, 5.41) is 3.58. The first-order chi connectivity index (χ1) is 18.5. The third kappa shape index (κ3) is 5.28. The Balaban J connectivity index is 1.43. The Hall–Kier alpha value is -2.62. The van der Waals surface area contributed by atoms with E-state index in [9.17, 15) is 22.8 Å². The lowest BCUT2D eigenvalue weighted by Crippen LogP contribution is -2.46. The molecule has 1 amide bonds. The summed E-state index contributed by atoms with van der Waals surface area (Å²) in [4.78, 5) is 33.0. The van der Waals surface area contributed by atoms with E-state index in [-0.39, 0.29) is 32.8 Å². The van der Waals surface area contributed by atoms with Crippen molar-refractivity contribution >= 4 is 45.9 Å². The van der Waals surface area contributed by atoms with E-state index >= 15 is 0 Å². The van der Waals surface area contributed by atoms with E-state index < -0.39 is 17.6 Å². The second-order valence-electron chi connectivity index (χ2n) is 10.5. The Kier molecular flexibility index (Phi) is 7.70. The SMILES string of the molecule is Cc1cn(C(=O)c2c(Cl)ncc(C(=O)N3CCC(C4CCCCN4)CC3)c2Cl)c2c(C)cc(C(F)(F)F)cc12. The summed E-state index contributed by atoms with van der Waals surface area (Å²) in [6, 6.07) is 2.51. The molecule has 0 aliphatic carbocycles. The Morgan fingerprint density at radius 2 is 1.74 bits per heavy atom. The van der Waals surface area contributed by atoms with Gasteiger partial charge in [-0.1, -0.05) is 29.6 Å². The van der Waals surface area contributed by atoms with Crippen LogP contribution in [-0.4, -0.2) is 51.9 Å². The molecule has 2 saturated heterocycles. The van der Waals surface area contributed by atoms with Crippen LogP contribution in [0.25, 0.3) is 10.9 Å². The highest BCUT2D eigenvalue weighted by Gasteiger charge is 2.34. The molecule has 11 heteroatoms. The smallest absolute Gasteiger partial charge is 0.339 e. The van der Waals surface area contributed by atoms with Crippen molar-refractivity contribution in [3.05, 3.63) is 62.5 Å². The van der Waals surface area contributed by atoms with Gasteiger partial charge >= 0.3 is 6.18 Å². The minimum atomic E-state index is -4.52. The van der Waals surface area contributed by atoms with Crippen LogP contribution < -0.4 is 5.32 Å². The highest BCUT2D eigenvalue weighted by molar-refractivity contribution is 6.41. The van der Waals surface area contributed by atoms with Crippen molar-refractivity contribution in [1.29, 1.82) is 0 Å². The first-order valence-electron chi connectivity index (χ1n) is 13.1. The quantitative estimate of drug-likeness (QED) is 0.352. The molecular weight excluding hydrogens is 552 g/mol. The summed E-state index contributed by atoms with van der Waals surface area (Å²) in [7, 11) is 0. The molecule has 0 radical (unpaired) electrons. The number of likely N-dealkylation sites (tertiary alicyclic amines) is 1. The zero-order chi connectivity index (χ0) is 28.1. The van der Waals surface area contributed by atoms with Gasteiger partial charge in [0.25, 0.3) is 11.8 Å². The average molecular weight is 581 g/mol. The van der Waals surface area contributed by atoms with E-state index in [1.54, 1.807) is 11.8 Å². The second kappa shape index (κ2) is 10.7. The number of halogens is 5. The minimum absolute atomic E-state index is 0.0721. The molecule has 0 saturated carbocycles. The summed E-state index contributed by atoms with van der Waals surface area (Å²) >= 11 is 13.0. The number of aryl methyl sites for hydroxylation is 2. The van der Waals surface area contributed by atoms with Crippen LogP contribution in [0.3, 0.4) is 0 Å². The number of fused-ring (bicyclic) bond motifs is 1. The van der Waals surface area contributed by atoms with Gasteiger partial charge in [0, 0.05) is 36.9 Å². The fraction of sp³-hybridized carbons (Fsp3) is 0.464. The molecule has 5 rings (SSSR count). The predicted molar refractivity (Wildman–Crippen MR) is 145 cm³/mol. The Morgan fingerprint density at radius 1 is 1.03 bits per heavy atom. The molecule has 39 heavy (non-hydrogen) atoms. The van der Waals surface area contributed by atoms with E-state index in [1.807, 2.05) is 0 Å². The minimum Gasteiger partial charge on any atom is -0.339 e. The number of hydrogen-bond acceptors (Lipinski definition) is 4. The topological polar surface area (TPSA) is 67.2 Å².